The third-order valence-corrected chi connectivity index (χ3v) is 3.74. The number of nitrogens with zero attached hydrogens (tertiary/aromatic N) is 4. The van der Waals surface area contributed by atoms with Crippen LogP contribution in [0.4, 0.5) is 0 Å². The lowest BCUT2D eigenvalue weighted by Crippen LogP contribution is -2.34. The highest BCUT2D eigenvalue weighted by Crippen LogP contribution is 2.10. The molecule has 2 aromatic heterocycles. The van der Waals surface area contributed by atoms with Crippen LogP contribution in [0.25, 0.3) is 11.0 Å². The quantitative estimate of drug-likeness (QED) is 0.832. The Balaban J connectivity index is 1.83. The van der Waals surface area contributed by atoms with E-state index >= 15 is 0 Å². The summed E-state index contributed by atoms with van der Waals surface area (Å²) in [6.07, 6.45) is 8.68. The molecule has 0 aromatic carbocycles. The molecule has 0 bridgehead atoms. The van der Waals surface area contributed by atoms with Gasteiger partial charge in [0, 0.05) is 19.3 Å². The molecular formula is C14H18N4O. The van der Waals surface area contributed by atoms with Crippen LogP contribution in [0.2, 0.25) is 0 Å². The molecule has 0 amide bonds. The second-order valence-corrected chi connectivity index (χ2v) is 5.01. The van der Waals surface area contributed by atoms with Crippen molar-refractivity contribution in [2.45, 2.75) is 25.8 Å². The van der Waals surface area contributed by atoms with Gasteiger partial charge in [0.2, 0.25) is 0 Å². The Kier molecular flexibility index (Phi) is 3.55. The number of aromatic nitrogens is 3. The monoisotopic (exact) mass is 258 g/mol. The van der Waals surface area contributed by atoms with E-state index in [0.717, 1.165) is 37.2 Å². The van der Waals surface area contributed by atoms with Gasteiger partial charge in [0.1, 0.15) is 5.52 Å². The molecule has 5 nitrogen and oxygen atoms in total. The van der Waals surface area contributed by atoms with Crippen molar-refractivity contribution in [3.63, 3.8) is 0 Å². The smallest absolute Gasteiger partial charge is 0.269 e. The molecule has 0 aliphatic carbocycles. The fourth-order valence-electron chi connectivity index (χ4n) is 2.67. The van der Waals surface area contributed by atoms with E-state index in [4.69, 9.17) is 0 Å². The van der Waals surface area contributed by atoms with Gasteiger partial charge in [-0.2, -0.15) is 0 Å². The number of fused-ring (bicyclic) bond motifs is 1. The molecule has 0 unspecified atom stereocenters. The minimum absolute atomic E-state index is 0.0318. The van der Waals surface area contributed by atoms with E-state index in [0.29, 0.717) is 0 Å². The summed E-state index contributed by atoms with van der Waals surface area (Å²) in [6.45, 7) is 3.96. The number of piperidine rings is 1. The van der Waals surface area contributed by atoms with Crippen molar-refractivity contribution >= 4 is 11.0 Å². The number of rotatable bonds is 3. The molecule has 3 heterocycles. The van der Waals surface area contributed by atoms with E-state index < -0.39 is 0 Å². The van der Waals surface area contributed by atoms with Crippen LogP contribution in [0.5, 0.6) is 0 Å². The average molecular weight is 258 g/mol. The number of pyridine rings is 1. The molecule has 1 fully saturated rings. The summed E-state index contributed by atoms with van der Waals surface area (Å²) in [5.41, 5.74) is 1.62. The highest BCUT2D eigenvalue weighted by molar-refractivity contribution is 5.72. The first-order chi connectivity index (χ1) is 9.34. The van der Waals surface area contributed by atoms with Crippen molar-refractivity contribution in [1.29, 1.82) is 0 Å². The van der Waals surface area contributed by atoms with Gasteiger partial charge in [0.25, 0.3) is 5.56 Å². The zero-order valence-electron chi connectivity index (χ0n) is 11.0. The van der Waals surface area contributed by atoms with Gasteiger partial charge in [0.05, 0.1) is 17.9 Å². The maximum atomic E-state index is 12.0. The topological polar surface area (TPSA) is 51.0 Å². The number of hydrogen-bond acceptors (Lipinski definition) is 4. The normalized spacial score (nSPS) is 16.8. The maximum Gasteiger partial charge on any atom is 0.269 e. The molecule has 0 saturated carbocycles. The van der Waals surface area contributed by atoms with Gasteiger partial charge in [-0.15, -0.1) is 0 Å². The fourth-order valence-corrected chi connectivity index (χ4v) is 2.67. The van der Waals surface area contributed by atoms with Gasteiger partial charge in [-0.1, -0.05) is 6.42 Å². The molecule has 100 valence electrons. The molecule has 0 atom stereocenters. The first kappa shape index (κ1) is 12.3. The molecule has 19 heavy (non-hydrogen) atoms. The Morgan fingerprint density at radius 2 is 1.95 bits per heavy atom. The van der Waals surface area contributed by atoms with Crippen molar-refractivity contribution in [1.82, 2.24) is 19.4 Å². The van der Waals surface area contributed by atoms with Crippen LogP contribution in [0, 0.1) is 0 Å². The standard InChI is InChI=1S/C14H18N4O/c19-14-11-16-12-10-15-5-4-13(12)18(14)9-8-17-6-2-1-3-7-17/h4-5,10-11H,1-3,6-9H2. The second-order valence-electron chi connectivity index (χ2n) is 5.01. The molecule has 3 rings (SSSR count). The molecule has 0 N–H and O–H groups in total. The lowest BCUT2D eigenvalue weighted by molar-refractivity contribution is 0.221. The second kappa shape index (κ2) is 5.48. The van der Waals surface area contributed by atoms with Crippen molar-refractivity contribution in [2.75, 3.05) is 19.6 Å². The summed E-state index contributed by atoms with van der Waals surface area (Å²) in [4.78, 5) is 22.6. The van der Waals surface area contributed by atoms with Gasteiger partial charge in [-0.25, -0.2) is 4.98 Å². The Morgan fingerprint density at radius 3 is 2.79 bits per heavy atom. The summed E-state index contributed by atoms with van der Waals surface area (Å²) < 4.78 is 1.80. The minimum atomic E-state index is -0.0318. The first-order valence-electron chi connectivity index (χ1n) is 6.86. The zero-order valence-corrected chi connectivity index (χ0v) is 11.0. The Bertz CT molecular complexity index is 616. The lowest BCUT2D eigenvalue weighted by atomic mass is 10.1. The van der Waals surface area contributed by atoms with Crippen LogP contribution in [-0.4, -0.2) is 39.1 Å². The largest absolute Gasteiger partial charge is 0.304 e. The van der Waals surface area contributed by atoms with Crippen LogP contribution in [0.1, 0.15) is 19.3 Å². The third-order valence-electron chi connectivity index (χ3n) is 3.74. The predicted octanol–water partition coefficient (Wildman–Crippen LogP) is 1.28. The SMILES string of the molecule is O=c1cnc2cnccc2n1CCN1CCCCC1. The zero-order chi connectivity index (χ0) is 13.1. The van der Waals surface area contributed by atoms with Crippen molar-refractivity contribution < 1.29 is 0 Å². The van der Waals surface area contributed by atoms with E-state index in [9.17, 15) is 4.79 Å². The molecule has 1 aliphatic heterocycles. The van der Waals surface area contributed by atoms with Gasteiger partial charge in [-0.05, 0) is 32.0 Å². The molecule has 0 spiro atoms. The van der Waals surface area contributed by atoms with Crippen LogP contribution >= 0.6 is 0 Å². The summed E-state index contributed by atoms with van der Waals surface area (Å²) >= 11 is 0. The first-order valence-corrected chi connectivity index (χ1v) is 6.86. The maximum absolute atomic E-state index is 12.0. The van der Waals surface area contributed by atoms with Gasteiger partial charge < -0.3 is 9.47 Å². The Labute approximate surface area is 111 Å². The van der Waals surface area contributed by atoms with E-state index in [2.05, 4.69) is 14.9 Å². The summed E-state index contributed by atoms with van der Waals surface area (Å²) in [5, 5.41) is 0. The van der Waals surface area contributed by atoms with Crippen LogP contribution < -0.4 is 5.56 Å². The van der Waals surface area contributed by atoms with Crippen LogP contribution in [-0.2, 0) is 6.54 Å². The fraction of sp³-hybridized carbons (Fsp3) is 0.500. The molecule has 0 radical (unpaired) electrons. The molecule has 5 heteroatoms. The van der Waals surface area contributed by atoms with Crippen molar-refractivity contribution in [2.24, 2.45) is 0 Å². The predicted molar refractivity (Wildman–Crippen MR) is 74.1 cm³/mol. The number of hydrogen-bond donors (Lipinski definition) is 0. The third kappa shape index (κ3) is 2.66. The van der Waals surface area contributed by atoms with E-state index in [1.54, 1.807) is 17.0 Å². The van der Waals surface area contributed by atoms with Gasteiger partial charge >= 0.3 is 0 Å². The van der Waals surface area contributed by atoms with E-state index in [1.165, 1.54) is 25.5 Å². The van der Waals surface area contributed by atoms with Crippen LogP contribution in [0.3, 0.4) is 0 Å². The molecular weight excluding hydrogens is 240 g/mol. The van der Waals surface area contributed by atoms with Crippen molar-refractivity contribution in [3.8, 4) is 0 Å². The molecule has 1 aliphatic rings. The minimum Gasteiger partial charge on any atom is -0.304 e. The Hall–Kier alpha value is -1.75. The summed E-state index contributed by atoms with van der Waals surface area (Å²) in [6, 6.07) is 1.86. The summed E-state index contributed by atoms with van der Waals surface area (Å²) in [7, 11) is 0. The average Bonchev–Trinajstić information content (AvgIpc) is 2.47. The Morgan fingerprint density at radius 1 is 1.11 bits per heavy atom. The van der Waals surface area contributed by atoms with Crippen LogP contribution in [0.15, 0.2) is 29.5 Å². The van der Waals surface area contributed by atoms with Gasteiger partial charge in [0.15, 0.2) is 0 Å². The molecule has 2 aromatic rings. The number of likely N-dealkylation sites (tertiary alicyclic amines) is 1. The van der Waals surface area contributed by atoms with E-state index in [-0.39, 0.29) is 5.56 Å². The van der Waals surface area contributed by atoms with Crippen molar-refractivity contribution in [3.05, 3.63) is 35.0 Å². The highest BCUT2D eigenvalue weighted by atomic mass is 16.1. The van der Waals surface area contributed by atoms with Gasteiger partial charge in [-0.3, -0.25) is 9.78 Å². The van der Waals surface area contributed by atoms with E-state index in [1.807, 2.05) is 6.07 Å². The highest BCUT2D eigenvalue weighted by Gasteiger charge is 2.11. The molecule has 1 saturated heterocycles. The summed E-state index contributed by atoms with van der Waals surface area (Å²) in [5.74, 6) is 0. The lowest BCUT2D eigenvalue weighted by Gasteiger charge is -2.26.